The number of terminal acetylenes is 1. The van der Waals surface area contributed by atoms with E-state index in [-0.39, 0.29) is 18.2 Å². The summed E-state index contributed by atoms with van der Waals surface area (Å²) in [5.41, 5.74) is -0.385. The van der Waals surface area contributed by atoms with Gasteiger partial charge in [-0.05, 0) is 30.3 Å². The topological polar surface area (TPSA) is 85.2 Å². The van der Waals surface area contributed by atoms with E-state index in [1.807, 2.05) is 12.1 Å². The lowest BCUT2D eigenvalue weighted by atomic mass is 10.0. The van der Waals surface area contributed by atoms with Gasteiger partial charge in [0.15, 0.2) is 12.3 Å². The van der Waals surface area contributed by atoms with Gasteiger partial charge in [-0.1, -0.05) is 6.07 Å². The van der Waals surface area contributed by atoms with Gasteiger partial charge < -0.3 is 14.8 Å². The standard InChI is InChI=1S/C20H20N4O3/c1-2-3-11-20(23-24-20)12-14-21-18(25)15-26-16-7-9-17(10-8-16)27-19-6-4-5-13-22-19/h1,4-10,13H,3,11-12,14-15H2,(H,21,25). The molecule has 3 rings (SSSR count). The summed E-state index contributed by atoms with van der Waals surface area (Å²) < 4.78 is 11.1. The molecule has 1 amide bonds. The van der Waals surface area contributed by atoms with E-state index in [0.717, 1.165) is 6.42 Å². The third-order valence-corrected chi connectivity index (χ3v) is 3.95. The van der Waals surface area contributed by atoms with Crippen molar-refractivity contribution in [2.24, 2.45) is 10.2 Å². The highest BCUT2D eigenvalue weighted by Crippen LogP contribution is 2.36. The molecule has 1 aromatic carbocycles. The molecule has 1 aromatic heterocycles. The van der Waals surface area contributed by atoms with Crippen LogP contribution in [0.3, 0.4) is 0 Å². The normalized spacial score (nSPS) is 13.4. The number of benzene rings is 1. The second-order valence-corrected chi connectivity index (χ2v) is 6.02. The van der Waals surface area contributed by atoms with E-state index in [1.54, 1.807) is 36.5 Å². The zero-order chi connectivity index (χ0) is 19.0. The molecule has 0 fully saturated rings. The van der Waals surface area contributed by atoms with Crippen molar-refractivity contribution in [3.05, 3.63) is 48.7 Å². The molecule has 2 aromatic rings. The Bertz CT molecular complexity index is 823. The van der Waals surface area contributed by atoms with E-state index in [9.17, 15) is 4.79 Å². The average molecular weight is 364 g/mol. The van der Waals surface area contributed by atoms with Crippen molar-refractivity contribution in [2.75, 3.05) is 13.2 Å². The largest absolute Gasteiger partial charge is 0.484 e. The van der Waals surface area contributed by atoms with Crippen LogP contribution in [0.2, 0.25) is 0 Å². The fourth-order valence-electron chi connectivity index (χ4n) is 2.40. The highest BCUT2D eigenvalue weighted by atomic mass is 16.5. The van der Waals surface area contributed by atoms with Crippen molar-refractivity contribution in [3.63, 3.8) is 0 Å². The maximum Gasteiger partial charge on any atom is 0.257 e. The summed E-state index contributed by atoms with van der Waals surface area (Å²) in [5, 5.41) is 10.9. The van der Waals surface area contributed by atoms with Crippen molar-refractivity contribution in [1.29, 1.82) is 0 Å². The summed E-state index contributed by atoms with van der Waals surface area (Å²) in [6.45, 7) is 0.419. The number of rotatable bonds is 10. The maximum atomic E-state index is 11.9. The average Bonchev–Trinajstić information content (AvgIpc) is 3.47. The smallest absolute Gasteiger partial charge is 0.257 e. The third-order valence-electron chi connectivity index (χ3n) is 3.95. The fraction of sp³-hybridized carbons (Fsp3) is 0.300. The number of nitrogens with one attached hydrogen (secondary N) is 1. The summed E-state index contributed by atoms with van der Waals surface area (Å²) >= 11 is 0. The summed E-state index contributed by atoms with van der Waals surface area (Å²) in [6, 6.07) is 12.4. The molecule has 0 radical (unpaired) electrons. The molecule has 27 heavy (non-hydrogen) atoms. The van der Waals surface area contributed by atoms with Crippen molar-refractivity contribution in [3.8, 4) is 29.7 Å². The highest BCUT2D eigenvalue weighted by Gasteiger charge is 2.38. The van der Waals surface area contributed by atoms with Crippen LogP contribution >= 0.6 is 0 Å². The van der Waals surface area contributed by atoms with Crippen LogP contribution in [-0.4, -0.2) is 29.7 Å². The van der Waals surface area contributed by atoms with Crippen LogP contribution in [-0.2, 0) is 4.79 Å². The van der Waals surface area contributed by atoms with Gasteiger partial charge in [0.2, 0.25) is 5.88 Å². The summed E-state index contributed by atoms with van der Waals surface area (Å²) in [5.74, 6) is 4.11. The van der Waals surface area contributed by atoms with E-state index in [2.05, 4.69) is 26.4 Å². The van der Waals surface area contributed by atoms with E-state index in [0.29, 0.717) is 36.8 Å². The lowest BCUT2D eigenvalue weighted by Crippen LogP contribution is -2.32. The molecular weight excluding hydrogens is 344 g/mol. The second-order valence-electron chi connectivity index (χ2n) is 6.02. The molecule has 0 aliphatic carbocycles. The Kier molecular flexibility index (Phi) is 6.00. The Hall–Kier alpha value is -3.40. The Balaban J connectivity index is 1.36. The lowest BCUT2D eigenvalue weighted by molar-refractivity contribution is -0.123. The Morgan fingerprint density at radius 2 is 1.89 bits per heavy atom. The summed E-state index contributed by atoms with van der Waals surface area (Å²) in [6.07, 6.45) is 8.92. The van der Waals surface area contributed by atoms with Crippen LogP contribution in [0.4, 0.5) is 0 Å². The van der Waals surface area contributed by atoms with E-state index in [4.69, 9.17) is 15.9 Å². The second kappa shape index (κ2) is 8.81. The first-order chi connectivity index (χ1) is 13.2. The number of amides is 1. The summed E-state index contributed by atoms with van der Waals surface area (Å²) in [7, 11) is 0. The zero-order valence-corrected chi connectivity index (χ0v) is 14.8. The van der Waals surface area contributed by atoms with Crippen LogP contribution < -0.4 is 14.8 Å². The van der Waals surface area contributed by atoms with Crippen LogP contribution in [0.5, 0.6) is 17.4 Å². The molecule has 7 nitrogen and oxygen atoms in total. The molecule has 0 spiro atoms. The minimum absolute atomic E-state index is 0.0634. The van der Waals surface area contributed by atoms with Gasteiger partial charge >= 0.3 is 0 Å². The number of aromatic nitrogens is 1. The molecule has 0 unspecified atom stereocenters. The Morgan fingerprint density at radius 1 is 1.11 bits per heavy atom. The van der Waals surface area contributed by atoms with Crippen molar-refractivity contribution in [1.82, 2.24) is 10.3 Å². The molecule has 138 valence electrons. The molecule has 0 atom stereocenters. The van der Waals surface area contributed by atoms with Crippen molar-refractivity contribution < 1.29 is 14.3 Å². The van der Waals surface area contributed by atoms with Gasteiger partial charge in [-0.15, -0.1) is 12.3 Å². The molecule has 2 heterocycles. The van der Waals surface area contributed by atoms with Gasteiger partial charge in [-0.3, -0.25) is 4.79 Å². The van der Waals surface area contributed by atoms with E-state index >= 15 is 0 Å². The van der Waals surface area contributed by atoms with Crippen LogP contribution in [0.15, 0.2) is 58.9 Å². The number of hydrogen-bond acceptors (Lipinski definition) is 6. The number of hydrogen-bond donors (Lipinski definition) is 1. The van der Waals surface area contributed by atoms with Gasteiger partial charge in [-0.2, -0.15) is 10.2 Å². The Labute approximate surface area is 157 Å². The molecule has 1 aliphatic heterocycles. The number of carbonyl (C=O) groups excluding carboxylic acids is 1. The first kappa shape index (κ1) is 18.4. The molecule has 1 aliphatic rings. The minimum Gasteiger partial charge on any atom is -0.484 e. The van der Waals surface area contributed by atoms with Crippen LogP contribution in [0, 0.1) is 12.3 Å². The summed E-state index contributed by atoms with van der Waals surface area (Å²) in [4.78, 5) is 16.0. The van der Waals surface area contributed by atoms with Crippen LogP contribution in [0.25, 0.3) is 0 Å². The highest BCUT2D eigenvalue weighted by molar-refractivity contribution is 5.77. The Morgan fingerprint density at radius 3 is 2.56 bits per heavy atom. The van der Waals surface area contributed by atoms with Gasteiger partial charge in [-0.25, -0.2) is 4.98 Å². The molecule has 0 bridgehead atoms. The molecule has 1 N–H and O–H groups in total. The maximum absolute atomic E-state index is 11.9. The molecule has 0 saturated heterocycles. The predicted molar refractivity (Wildman–Crippen MR) is 99.5 cm³/mol. The first-order valence-corrected chi connectivity index (χ1v) is 8.65. The van der Waals surface area contributed by atoms with E-state index in [1.165, 1.54) is 0 Å². The molecule has 7 heteroatoms. The SMILES string of the molecule is C#CCCC1(CCNC(=O)COc2ccc(Oc3ccccn3)cc2)N=N1. The third kappa shape index (κ3) is 5.82. The number of ether oxygens (including phenoxy) is 2. The monoisotopic (exact) mass is 364 g/mol. The molecule has 0 saturated carbocycles. The van der Waals surface area contributed by atoms with Gasteiger partial charge in [0.1, 0.15) is 11.5 Å². The van der Waals surface area contributed by atoms with E-state index < -0.39 is 0 Å². The zero-order valence-electron chi connectivity index (χ0n) is 14.8. The lowest BCUT2D eigenvalue weighted by Gasteiger charge is -2.11. The minimum atomic E-state index is -0.385. The van der Waals surface area contributed by atoms with Crippen molar-refractivity contribution in [2.45, 2.75) is 24.9 Å². The van der Waals surface area contributed by atoms with Gasteiger partial charge in [0, 0.05) is 38.1 Å². The first-order valence-electron chi connectivity index (χ1n) is 8.65. The number of nitrogens with zero attached hydrogens (tertiary/aromatic N) is 3. The van der Waals surface area contributed by atoms with Crippen LogP contribution in [0.1, 0.15) is 19.3 Å². The van der Waals surface area contributed by atoms with Crippen molar-refractivity contribution >= 4 is 5.91 Å². The van der Waals surface area contributed by atoms with Gasteiger partial charge in [0.05, 0.1) is 0 Å². The number of carbonyl (C=O) groups is 1. The quantitative estimate of drug-likeness (QED) is 0.655. The van der Waals surface area contributed by atoms with Gasteiger partial charge in [0.25, 0.3) is 5.91 Å². The fourth-order valence-corrected chi connectivity index (χ4v) is 2.40. The predicted octanol–water partition coefficient (Wildman–Crippen LogP) is 3.33. The number of pyridine rings is 1. The molecular formula is C20H20N4O3.